The zero-order valence-corrected chi connectivity index (χ0v) is 13.5. The van der Waals surface area contributed by atoms with E-state index in [1.165, 1.54) is 5.56 Å². The third-order valence-electron chi connectivity index (χ3n) is 3.57. The smallest absolute Gasteiger partial charge is 0.232 e. The van der Waals surface area contributed by atoms with Gasteiger partial charge in [0.15, 0.2) is 6.61 Å². The number of ether oxygens (including phenoxy) is 2. The molecule has 0 radical (unpaired) electrons. The van der Waals surface area contributed by atoms with Gasteiger partial charge in [-0.3, -0.25) is 0 Å². The van der Waals surface area contributed by atoms with Crippen molar-refractivity contribution in [2.75, 3.05) is 20.3 Å². The third-order valence-corrected chi connectivity index (χ3v) is 3.85. The second-order valence-corrected chi connectivity index (χ2v) is 5.44. The van der Waals surface area contributed by atoms with Crippen LogP contribution in [0.4, 0.5) is 0 Å². The summed E-state index contributed by atoms with van der Waals surface area (Å²) >= 11 is 5.96. The van der Waals surface area contributed by atoms with Crippen LogP contribution in [0.3, 0.4) is 0 Å². The van der Waals surface area contributed by atoms with Gasteiger partial charge in [0.25, 0.3) is 0 Å². The number of rotatable bonds is 6. The van der Waals surface area contributed by atoms with E-state index in [0.717, 1.165) is 29.9 Å². The minimum atomic E-state index is 0.335. The Morgan fingerprint density at radius 3 is 2.96 bits per heavy atom. The highest BCUT2D eigenvalue weighted by Crippen LogP contribution is 2.26. The van der Waals surface area contributed by atoms with Crippen LogP contribution in [0.25, 0.3) is 0 Å². The summed E-state index contributed by atoms with van der Waals surface area (Å²) < 4.78 is 10.7. The fourth-order valence-corrected chi connectivity index (χ4v) is 2.62. The molecule has 23 heavy (non-hydrogen) atoms. The molecule has 1 aromatic heterocycles. The van der Waals surface area contributed by atoms with Crippen LogP contribution in [-0.4, -0.2) is 31.0 Å². The van der Waals surface area contributed by atoms with Crippen molar-refractivity contribution in [2.45, 2.75) is 12.8 Å². The number of aryl methyl sites for hydroxylation is 1. The van der Waals surface area contributed by atoms with Crippen LogP contribution in [0.5, 0.6) is 11.6 Å². The summed E-state index contributed by atoms with van der Waals surface area (Å²) in [5, 5.41) is 4.70. The van der Waals surface area contributed by atoms with Crippen molar-refractivity contribution in [1.29, 1.82) is 0 Å². The van der Waals surface area contributed by atoms with Crippen molar-refractivity contribution < 1.29 is 14.3 Å². The molecule has 0 aliphatic heterocycles. The Labute approximate surface area is 139 Å². The molecule has 0 saturated carbocycles. The van der Waals surface area contributed by atoms with Crippen molar-refractivity contribution in [3.8, 4) is 11.6 Å². The van der Waals surface area contributed by atoms with E-state index >= 15 is 0 Å². The number of aromatic nitrogens is 1. The summed E-state index contributed by atoms with van der Waals surface area (Å²) in [5.74, 6) is 1.27. The zero-order chi connectivity index (χ0) is 16.1. The first-order chi connectivity index (χ1) is 11.3. The van der Waals surface area contributed by atoms with E-state index in [9.17, 15) is 0 Å². The highest BCUT2D eigenvalue weighted by atomic mass is 35.5. The number of hydrogen-bond acceptors (Lipinski definition) is 5. The number of benzene rings is 1. The summed E-state index contributed by atoms with van der Waals surface area (Å²) in [6, 6.07) is 9.49. The Hall–Kier alpha value is -2.27. The van der Waals surface area contributed by atoms with E-state index in [-0.39, 0.29) is 0 Å². The van der Waals surface area contributed by atoms with Crippen molar-refractivity contribution in [3.63, 3.8) is 0 Å². The van der Waals surface area contributed by atoms with E-state index in [0.29, 0.717) is 24.1 Å². The van der Waals surface area contributed by atoms with Crippen LogP contribution in [0.1, 0.15) is 17.5 Å². The summed E-state index contributed by atoms with van der Waals surface area (Å²) in [5.41, 5.74) is 3.32. The van der Waals surface area contributed by atoms with Gasteiger partial charge < -0.3 is 14.3 Å². The Bertz CT molecular complexity index is 719. The van der Waals surface area contributed by atoms with Crippen molar-refractivity contribution in [1.82, 2.24) is 4.98 Å². The standard InChI is InChI=1S/C17H17ClN2O3/c1-21-13-5-6-14-12(11-13)4-7-16(14)20-23-10-9-22-17-15(18)3-2-8-19-17/h2-3,5-6,8,11H,4,7,9-10H2,1H3/b20-16-. The number of pyridine rings is 1. The SMILES string of the molecule is COc1ccc2c(c1)CC/C2=N/OCCOc1ncccc1Cl. The largest absolute Gasteiger partial charge is 0.497 e. The summed E-state index contributed by atoms with van der Waals surface area (Å²) in [6.45, 7) is 0.672. The summed E-state index contributed by atoms with van der Waals surface area (Å²) in [7, 11) is 1.67. The number of oxime groups is 1. The van der Waals surface area contributed by atoms with Gasteiger partial charge in [-0.1, -0.05) is 16.8 Å². The molecule has 0 unspecified atom stereocenters. The average molecular weight is 333 g/mol. The van der Waals surface area contributed by atoms with Gasteiger partial charge in [0.2, 0.25) is 5.88 Å². The number of halogens is 1. The highest BCUT2D eigenvalue weighted by Gasteiger charge is 2.18. The maximum absolute atomic E-state index is 5.96. The molecule has 120 valence electrons. The maximum Gasteiger partial charge on any atom is 0.232 e. The Balaban J connectivity index is 1.52. The molecule has 1 aromatic carbocycles. The molecule has 1 aliphatic rings. The average Bonchev–Trinajstić information content (AvgIpc) is 2.98. The third kappa shape index (κ3) is 3.74. The molecule has 0 amide bonds. The van der Waals surface area contributed by atoms with Gasteiger partial charge in [-0.2, -0.15) is 0 Å². The van der Waals surface area contributed by atoms with E-state index in [2.05, 4.69) is 10.1 Å². The molecule has 1 heterocycles. The normalized spacial score (nSPS) is 14.6. The first-order valence-corrected chi connectivity index (χ1v) is 7.75. The highest BCUT2D eigenvalue weighted by molar-refractivity contribution is 6.31. The first kappa shape index (κ1) is 15.6. The van der Waals surface area contributed by atoms with E-state index in [4.69, 9.17) is 25.9 Å². The molecular weight excluding hydrogens is 316 g/mol. The molecule has 2 aromatic rings. The number of hydrogen-bond donors (Lipinski definition) is 0. The molecule has 0 N–H and O–H groups in total. The summed E-state index contributed by atoms with van der Waals surface area (Å²) in [4.78, 5) is 9.40. The van der Waals surface area contributed by atoms with E-state index in [1.807, 2.05) is 18.2 Å². The molecule has 3 rings (SSSR count). The van der Waals surface area contributed by atoms with Crippen LogP contribution in [0.15, 0.2) is 41.7 Å². The first-order valence-electron chi connectivity index (χ1n) is 7.37. The molecule has 1 aliphatic carbocycles. The Morgan fingerprint density at radius 1 is 1.22 bits per heavy atom. The minimum absolute atomic E-state index is 0.335. The zero-order valence-electron chi connectivity index (χ0n) is 12.8. The maximum atomic E-state index is 5.96. The fraction of sp³-hybridized carbons (Fsp3) is 0.294. The van der Waals surface area contributed by atoms with Crippen LogP contribution in [0.2, 0.25) is 5.02 Å². The molecular formula is C17H17ClN2O3. The quantitative estimate of drug-likeness (QED) is 0.600. The lowest BCUT2D eigenvalue weighted by molar-refractivity contribution is 0.105. The minimum Gasteiger partial charge on any atom is -0.497 e. The lowest BCUT2D eigenvalue weighted by Gasteiger charge is -2.06. The number of fused-ring (bicyclic) bond motifs is 1. The fourth-order valence-electron chi connectivity index (χ4n) is 2.44. The van der Waals surface area contributed by atoms with Gasteiger partial charge in [-0.05, 0) is 48.7 Å². The second-order valence-electron chi connectivity index (χ2n) is 5.03. The van der Waals surface area contributed by atoms with Crippen LogP contribution >= 0.6 is 11.6 Å². The van der Waals surface area contributed by atoms with Gasteiger partial charge in [0, 0.05) is 11.8 Å². The van der Waals surface area contributed by atoms with Gasteiger partial charge >= 0.3 is 0 Å². The molecule has 6 heteroatoms. The lowest BCUT2D eigenvalue weighted by Crippen LogP contribution is -2.07. The van der Waals surface area contributed by atoms with Gasteiger partial charge in [0.05, 0.1) is 12.8 Å². The van der Waals surface area contributed by atoms with Crippen molar-refractivity contribution >= 4 is 17.3 Å². The topological polar surface area (TPSA) is 52.9 Å². The van der Waals surface area contributed by atoms with Crippen molar-refractivity contribution in [2.24, 2.45) is 5.16 Å². The molecule has 0 bridgehead atoms. The Morgan fingerprint density at radius 2 is 2.13 bits per heavy atom. The second kappa shape index (κ2) is 7.33. The van der Waals surface area contributed by atoms with Gasteiger partial charge in [-0.15, -0.1) is 0 Å². The number of methoxy groups -OCH3 is 1. The molecule has 0 saturated heterocycles. The molecule has 0 spiro atoms. The summed E-state index contributed by atoms with van der Waals surface area (Å²) in [6.07, 6.45) is 3.45. The van der Waals surface area contributed by atoms with Crippen molar-refractivity contribution in [3.05, 3.63) is 52.7 Å². The van der Waals surface area contributed by atoms with E-state index < -0.39 is 0 Å². The van der Waals surface area contributed by atoms with Crippen LogP contribution in [0, 0.1) is 0 Å². The molecule has 0 fully saturated rings. The van der Waals surface area contributed by atoms with E-state index in [1.54, 1.807) is 25.4 Å². The van der Waals surface area contributed by atoms with Gasteiger partial charge in [0.1, 0.15) is 17.4 Å². The predicted molar refractivity (Wildman–Crippen MR) is 88.5 cm³/mol. The predicted octanol–water partition coefficient (Wildman–Crippen LogP) is 3.49. The molecule has 0 atom stereocenters. The number of nitrogens with zero attached hydrogens (tertiary/aromatic N) is 2. The Kier molecular flexibility index (Phi) is 4.98. The monoisotopic (exact) mass is 332 g/mol. The molecule has 5 nitrogen and oxygen atoms in total. The van der Waals surface area contributed by atoms with Crippen LogP contribution < -0.4 is 9.47 Å². The lowest BCUT2D eigenvalue weighted by atomic mass is 10.1. The van der Waals surface area contributed by atoms with Gasteiger partial charge in [-0.25, -0.2) is 4.98 Å². The van der Waals surface area contributed by atoms with Crippen LogP contribution in [-0.2, 0) is 11.3 Å².